The number of hydrogen-bond donors (Lipinski definition) is 2. The number of nitrogens with one attached hydrogen (secondary N) is 2. The molecule has 0 aliphatic heterocycles. The molecule has 0 saturated heterocycles. The summed E-state index contributed by atoms with van der Waals surface area (Å²) < 4.78 is 5.89. The molecule has 1 rings (SSSR count). The molecular weight excluding hydrogens is 308 g/mol. The van der Waals surface area contributed by atoms with Gasteiger partial charge in [-0.15, -0.1) is 0 Å². The summed E-state index contributed by atoms with van der Waals surface area (Å²) in [5, 5.41) is 6.21. The number of ether oxygens (including phenoxy) is 1. The maximum absolute atomic E-state index is 12.0. The first-order valence-electron chi connectivity index (χ1n) is 6.39. The van der Waals surface area contributed by atoms with Gasteiger partial charge < -0.3 is 15.4 Å². The van der Waals surface area contributed by atoms with Gasteiger partial charge in [0.15, 0.2) is 0 Å². The third kappa shape index (κ3) is 5.61. The minimum absolute atomic E-state index is 0.0877. The molecule has 19 heavy (non-hydrogen) atoms. The maximum Gasteiger partial charge on any atom is 0.252 e. The van der Waals surface area contributed by atoms with E-state index in [2.05, 4.69) is 40.4 Å². The number of rotatable bonds is 7. The Labute approximate surface area is 123 Å². The van der Waals surface area contributed by atoms with Crippen molar-refractivity contribution in [2.45, 2.75) is 26.3 Å². The van der Waals surface area contributed by atoms with Crippen LogP contribution in [0.5, 0.6) is 5.75 Å². The van der Waals surface area contributed by atoms with Crippen LogP contribution in [0.4, 0.5) is 0 Å². The van der Waals surface area contributed by atoms with E-state index in [0.29, 0.717) is 23.9 Å². The molecule has 0 fully saturated rings. The number of benzene rings is 1. The summed E-state index contributed by atoms with van der Waals surface area (Å²) in [6.45, 7) is 5.76. The minimum Gasteiger partial charge on any atom is -0.497 e. The SMILES string of the molecule is COc1ccc(Br)c(C(=O)NCCCNC(C)C)c1. The smallest absolute Gasteiger partial charge is 0.252 e. The van der Waals surface area contributed by atoms with E-state index in [1.807, 2.05) is 12.1 Å². The molecule has 1 aromatic carbocycles. The molecule has 0 saturated carbocycles. The van der Waals surface area contributed by atoms with Crippen molar-refractivity contribution in [1.82, 2.24) is 10.6 Å². The van der Waals surface area contributed by atoms with Gasteiger partial charge in [0, 0.05) is 17.1 Å². The number of hydrogen-bond acceptors (Lipinski definition) is 3. The van der Waals surface area contributed by atoms with Crippen LogP contribution in [0.1, 0.15) is 30.6 Å². The van der Waals surface area contributed by atoms with Gasteiger partial charge in [-0.25, -0.2) is 0 Å². The lowest BCUT2D eigenvalue weighted by molar-refractivity contribution is 0.0952. The van der Waals surface area contributed by atoms with Gasteiger partial charge in [-0.2, -0.15) is 0 Å². The topological polar surface area (TPSA) is 50.4 Å². The average molecular weight is 329 g/mol. The summed E-state index contributed by atoms with van der Waals surface area (Å²) in [6, 6.07) is 5.83. The molecule has 0 aromatic heterocycles. The first kappa shape index (κ1) is 16.0. The molecular formula is C14H21BrN2O2. The third-order valence-corrected chi connectivity index (χ3v) is 3.30. The Hall–Kier alpha value is -1.07. The summed E-state index contributed by atoms with van der Waals surface area (Å²) in [5.41, 5.74) is 0.594. The van der Waals surface area contributed by atoms with E-state index in [4.69, 9.17) is 4.74 Å². The van der Waals surface area contributed by atoms with E-state index in [-0.39, 0.29) is 5.91 Å². The first-order valence-corrected chi connectivity index (χ1v) is 7.19. The van der Waals surface area contributed by atoms with E-state index in [0.717, 1.165) is 17.4 Å². The molecule has 0 aliphatic rings. The Balaban J connectivity index is 2.45. The third-order valence-electron chi connectivity index (χ3n) is 2.61. The van der Waals surface area contributed by atoms with Crippen molar-refractivity contribution < 1.29 is 9.53 Å². The monoisotopic (exact) mass is 328 g/mol. The van der Waals surface area contributed by atoms with E-state index in [9.17, 15) is 4.79 Å². The standard InChI is InChI=1S/C14H21BrN2O2/c1-10(2)16-7-4-8-17-14(18)12-9-11(19-3)5-6-13(12)15/h5-6,9-10,16H,4,7-8H2,1-3H3,(H,17,18). The highest BCUT2D eigenvalue weighted by Crippen LogP contribution is 2.22. The molecule has 0 heterocycles. The highest BCUT2D eigenvalue weighted by atomic mass is 79.9. The Morgan fingerprint density at radius 3 is 2.74 bits per heavy atom. The van der Waals surface area contributed by atoms with E-state index in [1.165, 1.54) is 0 Å². The number of carbonyl (C=O) groups is 1. The lowest BCUT2D eigenvalue weighted by Crippen LogP contribution is -2.29. The summed E-state index contributed by atoms with van der Waals surface area (Å²) in [6.07, 6.45) is 0.908. The zero-order valence-electron chi connectivity index (χ0n) is 11.6. The molecule has 0 atom stereocenters. The number of carbonyl (C=O) groups excluding carboxylic acids is 1. The fourth-order valence-electron chi connectivity index (χ4n) is 1.58. The van der Waals surface area contributed by atoms with Crippen molar-refractivity contribution in [3.63, 3.8) is 0 Å². The van der Waals surface area contributed by atoms with Gasteiger partial charge in [0.1, 0.15) is 5.75 Å². The Morgan fingerprint density at radius 1 is 1.37 bits per heavy atom. The van der Waals surface area contributed by atoms with Crippen LogP contribution in [0.3, 0.4) is 0 Å². The Kier molecular flexibility index (Phi) is 6.87. The second-order valence-electron chi connectivity index (χ2n) is 4.56. The molecule has 0 unspecified atom stereocenters. The van der Waals surface area contributed by atoms with Crippen LogP contribution in [-0.4, -0.2) is 32.1 Å². The van der Waals surface area contributed by atoms with Gasteiger partial charge in [-0.1, -0.05) is 13.8 Å². The van der Waals surface area contributed by atoms with Gasteiger partial charge in [-0.3, -0.25) is 4.79 Å². The van der Waals surface area contributed by atoms with E-state index >= 15 is 0 Å². The quantitative estimate of drug-likeness (QED) is 0.756. The molecule has 0 radical (unpaired) electrons. The summed E-state index contributed by atoms with van der Waals surface area (Å²) >= 11 is 3.37. The number of amides is 1. The zero-order chi connectivity index (χ0) is 14.3. The molecule has 0 aliphatic carbocycles. The molecule has 0 bridgehead atoms. The van der Waals surface area contributed by atoms with Crippen LogP contribution >= 0.6 is 15.9 Å². The van der Waals surface area contributed by atoms with Crippen molar-refractivity contribution in [3.8, 4) is 5.75 Å². The van der Waals surface area contributed by atoms with Crippen LogP contribution in [0, 0.1) is 0 Å². The van der Waals surface area contributed by atoms with Gasteiger partial charge in [0.25, 0.3) is 5.91 Å². The predicted octanol–water partition coefficient (Wildman–Crippen LogP) is 2.58. The van der Waals surface area contributed by atoms with Crippen LogP contribution in [0.15, 0.2) is 22.7 Å². The van der Waals surface area contributed by atoms with Crippen molar-refractivity contribution in [2.24, 2.45) is 0 Å². The van der Waals surface area contributed by atoms with Gasteiger partial charge in [-0.05, 0) is 47.1 Å². The summed E-state index contributed by atoms with van der Waals surface area (Å²) in [4.78, 5) is 12.0. The second-order valence-corrected chi connectivity index (χ2v) is 5.42. The van der Waals surface area contributed by atoms with Gasteiger partial charge in [0.2, 0.25) is 0 Å². The molecule has 5 heteroatoms. The fourth-order valence-corrected chi connectivity index (χ4v) is 2.01. The van der Waals surface area contributed by atoms with E-state index < -0.39 is 0 Å². The van der Waals surface area contributed by atoms with Gasteiger partial charge >= 0.3 is 0 Å². The number of halogens is 1. The fraction of sp³-hybridized carbons (Fsp3) is 0.500. The van der Waals surface area contributed by atoms with Crippen LogP contribution < -0.4 is 15.4 Å². The zero-order valence-corrected chi connectivity index (χ0v) is 13.2. The first-order chi connectivity index (χ1) is 9.04. The normalized spacial score (nSPS) is 10.6. The number of methoxy groups -OCH3 is 1. The van der Waals surface area contributed by atoms with E-state index in [1.54, 1.807) is 13.2 Å². The van der Waals surface area contributed by atoms with Crippen molar-refractivity contribution in [1.29, 1.82) is 0 Å². The largest absolute Gasteiger partial charge is 0.497 e. The highest BCUT2D eigenvalue weighted by Gasteiger charge is 2.10. The Bertz CT molecular complexity index is 422. The molecule has 1 aromatic rings. The molecule has 4 nitrogen and oxygen atoms in total. The summed E-state index contributed by atoms with van der Waals surface area (Å²) in [5.74, 6) is 0.588. The van der Waals surface area contributed by atoms with Crippen LogP contribution in [0.25, 0.3) is 0 Å². The van der Waals surface area contributed by atoms with Gasteiger partial charge in [0.05, 0.1) is 12.7 Å². The molecule has 2 N–H and O–H groups in total. The lowest BCUT2D eigenvalue weighted by atomic mass is 10.2. The molecule has 0 spiro atoms. The maximum atomic E-state index is 12.0. The lowest BCUT2D eigenvalue weighted by Gasteiger charge is -2.10. The predicted molar refractivity (Wildman–Crippen MR) is 80.8 cm³/mol. The molecule has 106 valence electrons. The second kappa shape index (κ2) is 8.17. The van der Waals surface area contributed by atoms with Crippen molar-refractivity contribution in [2.75, 3.05) is 20.2 Å². The summed E-state index contributed by atoms with van der Waals surface area (Å²) in [7, 11) is 1.59. The van der Waals surface area contributed by atoms with Crippen LogP contribution in [-0.2, 0) is 0 Å². The van der Waals surface area contributed by atoms with Crippen molar-refractivity contribution >= 4 is 21.8 Å². The van der Waals surface area contributed by atoms with Crippen LogP contribution in [0.2, 0.25) is 0 Å². The molecule has 1 amide bonds. The van der Waals surface area contributed by atoms with Crippen molar-refractivity contribution in [3.05, 3.63) is 28.2 Å². The Morgan fingerprint density at radius 2 is 2.11 bits per heavy atom. The highest BCUT2D eigenvalue weighted by molar-refractivity contribution is 9.10. The minimum atomic E-state index is -0.0877. The average Bonchev–Trinajstić information content (AvgIpc) is 2.38.